The van der Waals surface area contributed by atoms with Gasteiger partial charge in [-0.2, -0.15) is 0 Å². The van der Waals surface area contributed by atoms with Crippen LogP contribution in [0.5, 0.6) is 0 Å². The number of carbonyl (C=O) groups is 2. The SMILES string of the molecule is CCOC(=O)CSCC(=O)NCCc1ccccc1C. The Morgan fingerprint density at radius 2 is 2.00 bits per heavy atom. The first-order chi connectivity index (χ1) is 9.63. The fourth-order valence-electron chi connectivity index (χ4n) is 1.71. The summed E-state index contributed by atoms with van der Waals surface area (Å²) in [6, 6.07) is 8.13. The van der Waals surface area contributed by atoms with E-state index in [9.17, 15) is 9.59 Å². The Morgan fingerprint density at radius 1 is 1.25 bits per heavy atom. The molecule has 1 N–H and O–H groups in total. The summed E-state index contributed by atoms with van der Waals surface area (Å²) in [5.74, 6) is 0.184. The second-order valence-corrected chi connectivity index (χ2v) is 5.31. The van der Waals surface area contributed by atoms with Crippen molar-refractivity contribution >= 4 is 23.6 Å². The van der Waals surface area contributed by atoms with Crippen molar-refractivity contribution < 1.29 is 14.3 Å². The van der Waals surface area contributed by atoms with Crippen molar-refractivity contribution in [1.29, 1.82) is 0 Å². The Kier molecular flexibility index (Phi) is 7.80. The zero-order chi connectivity index (χ0) is 14.8. The van der Waals surface area contributed by atoms with Gasteiger partial charge in [0, 0.05) is 6.54 Å². The number of esters is 1. The summed E-state index contributed by atoms with van der Waals surface area (Å²) in [4.78, 5) is 22.7. The van der Waals surface area contributed by atoms with Gasteiger partial charge in [0.15, 0.2) is 0 Å². The topological polar surface area (TPSA) is 55.4 Å². The largest absolute Gasteiger partial charge is 0.465 e. The van der Waals surface area contributed by atoms with E-state index < -0.39 is 0 Å². The van der Waals surface area contributed by atoms with E-state index in [0.29, 0.717) is 13.2 Å². The number of hydrogen-bond donors (Lipinski definition) is 1. The average molecular weight is 295 g/mol. The predicted molar refractivity (Wildman–Crippen MR) is 81.9 cm³/mol. The van der Waals surface area contributed by atoms with Gasteiger partial charge < -0.3 is 10.1 Å². The number of nitrogens with one attached hydrogen (secondary N) is 1. The molecule has 0 aliphatic heterocycles. The molecule has 1 rings (SSSR count). The lowest BCUT2D eigenvalue weighted by molar-refractivity contribution is -0.139. The summed E-state index contributed by atoms with van der Waals surface area (Å²) in [5, 5.41) is 2.85. The number of aryl methyl sites for hydroxylation is 1. The Balaban J connectivity index is 2.14. The van der Waals surface area contributed by atoms with Gasteiger partial charge in [-0.25, -0.2) is 0 Å². The van der Waals surface area contributed by atoms with Crippen LogP contribution in [0.3, 0.4) is 0 Å². The minimum atomic E-state index is -0.273. The van der Waals surface area contributed by atoms with E-state index in [-0.39, 0.29) is 23.4 Å². The van der Waals surface area contributed by atoms with E-state index in [4.69, 9.17) is 4.74 Å². The summed E-state index contributed by atoms with van der Waals surface area (Å²) in [7, 11) is 0. The van der Waals surface area contributed by atoms with Gasteiger partial charge >= 0.3 is 5.97 Å². The van der Waals surface area contributed by atoms with Crippen LogP contribution in [0.1, 0.15) is 18.1 Å². The molecule has 0 fully saturated rings. The lowest BCUT2D eigenvalue weighted by Gasteiger charge is -2.07. The highest BCUT2D eigenvalue weighted by atomic mass is 32.2. The van der Waals surface area contributed by atoms with Crippen molar-refractivity contribution in [3.63, 3.8) is 0 Å². The standard InChI is InChI=1S/C15H21NO3S/c1-3-19-15(18)11-20-10-14(17)16-9-8-13-7-5-4-6-12(13)2/h4-7H,3,8-11H2,1-2H3,(H,16,17). The van der Waals surface area contributed by atoms with Gasteiger partial charge in [0.05, 0.1) is 18.1 Å². The molecule has 0 saturated carbocycles. The number of ether oxygens (including phenoxy) is 1. The first-order valence-electron chi connectivity index (χ1n) is 6.68. The number of carbonyl (C=O) groups excluding carboxylic acids is 2. The molecule has 0 radical (unpaired) electrons. The summed E-state index contributed by atoms with van der Waals surface area (Å²) in [6.45, 7) is 4.82. The van der Waals surface area contributed by atoms with E-state index in [1.54, 1.807) is 6.92 Å². The quantitative estimate of drug-likeness (QED) is 0.745. The molecule has 0 unspecified atom stereocenters. The molecule has 0 aliphatic carbocycles. The maximum Gasteiger partial charge on any atom is 0.315 e. The Hall–Kier alpha value is -1.49. The van der Waals surface area contributed by atoms with Crippen molar-refractivity contribution in [2.24, 2.45) is 0 Å². The summed E-state index contributed by atoms with van der Waals surface area (Å²) < 4.78 is 4.78. The van der Waals surface area contributed by atoms with Crippen molar-refractivity contribution in [1.82, 2.24) is 5.32 Å². The highest BCUT2D eigenvalue weighted by Crippen LogP contribution is 2.07. The molecule has 0 aliphatic rings. The maximum absolute atomic E-state index is 11.6. The highest BCUT2D eigenvalue weighted by Gasteiger charge is 2.06. The normalized spacial score (nSPS) is 10.1. The molecule has 1 aromatic carbocycles. The van der Waals surface area contributed by atoms with E-state index in [2.05, 4.69) is 24.4 Å². The van der Waals surface area contributed by atoms with E-state index in [1.165, 1.54) is 22.9 Å². The second kappa shape index (κ2) is 9.42. The average Bonchev–Trinajstić information content (AvgIpc) is 2.41. The van der Waals surface area contributed by atoms with E-state index in [1.807, 2.05) is 12.1 Å². The molecule has 0 spiro atoms. The molecule has 0 atom stereocenters. The molecule has 0 aromatic heterocycles. The van der Waals surface area contributed by atoms with Gasteiger partial charge in [0.2, 0.25) is 5.91 Å². The lowest BCUT2D eigenvalue weighted by atomic mass is 10.1. The number of thioether (sulfide) groups is 1. The van der Waals surface area contributed by atoms with Crippen molar-refractivity contribution in [3.8, 4) is 0 Å². The van der Waals surface area contributed by atoms with Crippen molar-refractivity contribution in [3.05, 3.63) is 35.4 Å². The molecular weight excluding hydrogens is 274 g/mol. The summed E-state index contributed by atoms with van der Waals surface area (Å²) >= 11 is 1.27. The Morgan fingerprint density at radius 3 is 2.70 bits per heavy atom. The van der Waals surface area contributed by atoms with Gasteiger partial charge in [-0.3, -0.25) is 9.59 Å². The van der Waals surface area contributed by atoms with Crippen LogP contribution in [0.15, 0.2) is 24.3 Å². The Labute approximate surface area is 124 Å². The third kappa shape index (κ3) is 6.61. The summed E-state index contributed by atoms with van der Waals surface area (Å²) in [5.41, 5.74) is 2.48. The fraction of sp³-hybridized carbons (Fsp3) is 0.467. The van der Waals surface area contributed by atoms with Crippen LogP contribution in [-0.4, -0.2) is 36.5 Å². The molecule has 0 saturated heterocycles. The molecular formula is C15H21NO3S. The molecule has 110 valence electrons. The van der Waals surface area contributed by atoms with E-state index in [0.717, 1.165) is 6.42 Å². The maximum atomic E-state index is 11.6. The zero-order valence-corrected chi connectivity index (χ0v) is 12.8. The number of amides is 1. The predicted octanol–water partition coefficient (Wildman–Crippen LogP) is 1.95. The second-order valence-electron chi connectivity index (χ2n) is 4.32. The molecule has 5 heteroatoms. The van der Waals surface area contributed by atoms with Crippen LogP contribution in [0, 0.1) is 6.92 Å². The number of benzene rings is 1. The highest BCUT2D eigenvalue weighted by molar-refractivity contribution is 8.00. The van der Waals surface area contributed by atoms with Gasteiger partial charge in [-0.1, -0.05) is 24.3 Å². The first-order valence-corrected chi connectivity index (χ1v) is 7.83. The fourth-order valence-corrected chi connectivity index (χ4v) is 2.35. The van der Waals surface area contributed by atoms with Crippen LogP contribution in [0.25, 0.3) is 0 Å². The minimum absolute atomic E-state index is 0.0483. The van der Waals surface area contributed by atoms with Crippen LogP contribution >= 0.6 is 11.8 Å². The number of hydrogen-bond acceptors (Lipinski definition) is 4. The van der Waals surface area contributed by atoms with Crippen molar-refractivity contribution in [2.45, 2.75) is 20.3 Å². The molecule has 4 nitrogen and oxygen atoms in total. The molecule has 1 amide bonds. The monoisotopic (exact) mass is 295 g/mol. The van der Waals surface area contributed by atoms with Crippen LogP contribution in [-0.2, 0) is 20.7 Å². The van der Waals surface area contributed by atoms with Gasteiger partial charge in [-0.05, 0) is 31.4 Å². The molecule has 20 heavy (non-hydrogen) atoms. The van der Waals surface area contributed by atoms with Crippen molar-refractivity contribution in [2.75, 3.05) is 24.7 Å². The van der Waals surface area contributed by atoms with Crippen LogP contribution in [0.4, 0.5) is 0 Å². The van der Waals surface area contributed by atoms with Gasteiger partial charge in [-0.15, -0.1) is 11.8 Å². The molecule has 1 aromatic rings. The third-order valence-electron chi connectivity index (χ3n) is 2.74. The lowest BCUT2D eigenvalue weighted by Crippen LogP contribution is -2.28. The van der Waals surface area contributed by atoms with Gasteiger partial charge in [0.25, 0.3) is 0 Å². The molecule has 0 heterocycles. The van der Waals surface area contributed by atoms with E-state index >= 15 is 0 Å². The van der Waals surface area contributed by atoms with Crippen LogP contribution < -0.4 is 5.32 Å². The Bertz CT molecular complexity index is 448. The smallest absolute Gasteiger partial charge is 0.315 e. The summed E-state index contributed by atoms with van der Waals surface area (Å²) in [6.07, 6.45) is 0.820. The minimum Gasteiger partial charge on any atom is -0.465 e. The molecule has 0 bridgehead atoms. The zero-order valence-electron chi connectivity index (χ0n) is 12.0. The van der Waals surface area contributed by atoms with Gasteiger partial charge in [0.1, 0.15) is 0 Å². The third-order valence-corrected chi connectivity index (χ3v) is 3.64. The van der Waals surface area contributed by atoms with Crippen LogP contribution in [0.2, 0.25) is 0 Å². The number of rotatable bonds is 8. The first kappa shape index (κ1) is 16.6.